The predicted octanol–water partition coefficient (Wildman–Crippen LogP) is 4.74. The van der Waals surface area contributed by atoms with Crippen LogP contribution in [0.4, 0.5) is 18.9 Å². The topological polar surface area (TPSA) is 91.8 Å². The highest BCUT2D eigenvalue weighted by atomic mass is 32.2. The predicted molar refractivity (Wildman–Crippen MR) is 115 cm³/mol. The third kappa shape index (κ3) is 4.81. The lowest BCUT2D eigenvalue weighted by molar-refractivity contribution is -0.141. The molecule has 34 heavy (non-hydrogen) atoms. The summed E-state index contributed by atoms with van der Waals surface area (Å²) in [6.07, 6.45) is -4.61. The second-order valence-corrected chi connectivity index (χ2v) is 8.26. The average Bonchev–Trinajstić information content (AvgIpc) is 3.46. The zero-order valence-electron chi connectivity index (χ0n) is 17.3. The Bertz CT molecular complexity index is 1250. The first-order valence-corrected chi connectivity index (χ1v) is 11.0. The Morgan fingerprint density at radius 2 is 1.59 bits per heavy atom. The molecular weight excluding hydrogens is 475 g/mol. The first-order valence-electron chi connectivity index (χ1n) is 10.0. The van der Waals surface area contributed by atoms with Crippen molar-refractivity contribution in [2.45, 2.75) is 17.8 Å². The van der Waals surface area contributed by atoms with Gasteiger partial charge in [-0.1, -0.05) is 11.8 Å². The number of carbonyl (C=O) groups excluding carboxylic acids is 1. The highest BCUT2D eigenvalue weighted by Crippen LogP contribution is 2.38. The van der Waals surface area contributed by atoms with Crippen LogP contribution in [0.3, 0.4) is 0 Å². The van der Waals surface area contributed by atoms with E-state index in [1.54, 1.807) is 36.4 Å². The van der Waals surface area contributed by atoms with Crippen LogP contribution in [0.25, 0.3) is 11.3 Å². The summed E-state index contributed by atoms with van der Waals surface area (Å²) in [6, 6.07) is 10.7. The van der Waals surface area contributed by atoms with E-state index in [0.29, 0.717) is 34.2 Å². The van der Waals surface area contributed by atoms with Crippen LogP contribution in [0, 0.1) is 0 Å². The highest BCUT2D eigenvalue weighted by Gasteiger charge is 2.34. The minimum absolute atomic E-state index is 0.0398. The molecule has 176 valence electrons. The number of amides is 1. The maximum Gasteiger partial charge on any atom is 0.433 e. The van der Waals surface area contributed by atoms with Gasteiger partial charge < -0.3 is 24.3 Å². The molecule has 0 spiro atoms. The summed E-state index contributed by atoms with van der Waals surface area (Å²) in [6.45, 7) is 0.167. The standard InChI is InChI=1S/C22H16F3N3O5S/c23-22(24,25)19-9-14(12-1-3-15-17(7-12)32-10-30-15)27-21(28-19)34-6-5-20(29)26-13-2-4-16-18(8-13)33-11-31-16/h1-4,7-9H,5-6,10-11H2,(H,26,29). The average molecular weight is 491 g/mol. The maximum atomic E-state index is 13.4. The molecule has 2 aromatic carbocycles. The molecule has 12 heteroatoms. The first-order chi connectivity index (χ1) is 16.3. The fraction of sp³-hybridized carbons (Fsp3) is 0.227. The molecule has 2 aliphatic heterocycles. The number of carbonyl (C=O) groups is 1. The number of fused-ring (bicyclic) bond motifs is 2. The minimum atomic E-state index is -4.65. The fourth-order valence-corrected chi connectivity index (χ4v) is 4.07. The molecule has 0 unspecified atom stereocenters. The molecule has 0 bridgehead atoms. The second kappa shape index (κ2) is 8.93. The SMILES string of the molecule is O=C(CCSc1nc(-c2ccc3c(c2)OCO3)cc(C(F)(F)F)n1)Nc1ccc2c(c1)OCO2. The molecule has 3 aromatic rings. The molecule has 0 saturated carbocycles. The summed E-state index contributed by atoms with van der Waals surface area (Å²) >= 11 is 0.960. The number of rotatable bonds is 6. The third-order valence-electron chi connectivity index (χ3n) is 4.88. The van der Waals surface area contributed by atoms with Gasteiger partial charge in [0.05, 0.1) is 5.69 Å². The van der Waals surface area contributed by atoms with Crippen LogP contribution in [0.1, 0.15) is 12.1 Å². The number of benzene rings is 2. The van der Waals surface area contributed by atoms with Gasteiger partial charge in [-0.2, -0.15) is 13.2 Å². The Kier molecular flexibility index (Phi) is 5.82. The maximum absolute atomic E-state index is 13.4. The molecule has 0 fully saturated rings. The summed E-state index contributed by atoms with van der Waals surface area (Å²) in [4.78, 5) is 20.2. The minimum Gasteiger partial charge on any atom is -0.454 e. The fourth-order valence-electron chi connectivity index (χ4n) is 3.27. The van der Waals surface area contributed by atoms with E-state index in [1.165, 1.54) is 0 Å². The summed E-state index contributed by atoms with van der Waals surface area (Å²) < 4.78 is 61.4. The number of anilines is 1. The largest absolute Gasteiger partial charge is 0.454 e. The van der Waals surface area contributed by atoms with Gasteiger partial charge in [0.15, 0.2) is 28.2 Å². The van der Waals surface area contributed by atoms with E-state index in [2.05, 4.69) is 15.3 Å². The van der Waals surface area contributed by atoms with Crippen molar-refractivity contribution >= 4 is 23.4 Å². The third-order valence-corrected chi connectivity index (χ3v) is 5.73. The quantitative estimate of drug-likeness (QED) is 0.391. The number of hydrogen-bond donors (Lipinski definition) is 1. The van der Waals surface area contributed by atoms with Crippen LogP contribution in [-0.2, 0) is 11.0 Å². The van der Waals surface area contributed by atoms with Gasteiger partial charge in [0.1, 0.15) is 5.69 Å². The molecule has 5 rings (SSSR count). The monoisotopic (exact) mass is 491 g/mol. The van der Waals surface area contributed by atoms with Crippen molar-refractivity contribution in [3.63, 3.8) is 0 Å². The van der Waals surface area contributed by atoms with Crippen molar-refractivity contribution in [3.05, 3.63) is 48.2 Å². The van der Waals surface area contributed by atoms with Gasteiger partial charge in [0.2, 0.25) is 19.5 Å². The lowest BCUT2D eigenvalue weighted by Crippen LogP contribution is -2.13. The van der Waals surface area contributed by atoms with Crippen molar-refractivity contribution in [3.8, 4) is 34.3 Å². The van der Waals surface area contributed by atoms with Gasteiger partial charge in [0, 0.05) is 29.5 Å². The Labute approximate surface area is 195 Å². The van der Waals surface area contributed by atoms with Crippen LogP contribution in [0.5, 0.6) is 23.0 Å². The number of ether oxygens (including phenoxy) is 4. The molecule has 0 atom stereocenters. The Morgan fingerprint density at radius 1 is 0.912 bits per heavy atom. The highest BCUT2D eigenvalue weighted by molar-refractivity contribution is 7.99. The number of alkyl halides is 3. The second-order valence-electron chi connectivity index (χ2n) is 7.20. The smallest absolute Gasteiger partial charge is 0.433 e. The van der Waals surface area contributed by atoms with Crippen LogP contribution in [0.15, 0.2) is 47.6 Å². The van der Waals surface area contributed by atoms with Gasteiger partial charge in [0.25, 0.3) is 0 Å². The molecule has 0 saturated heterocycles. The Morgan fingerprint density at radius 3 is 2.32 bits per heavy atom. The van der Waals surface area contributed by atoms with E-state index in [-0.39, 0.29) is 42.5 Å². The Hall–Kier alpha value is -3.67. The molecule has 3 heterocycles. The van der Waals surface area contributed by atoms with Crippen LogP contribution >= 0.6 is 11.8 Å². The molecule has 2 aliphatic rings. The van der Waals surface area contributed by atoms with E-state index in [1.807, 2.05) is 0 Å². The zero-order chi connectivity index (χ0) is 23.7. The van der Waals surface area contributed by atoms with Crippen molar-refractivity contribution in [1.82, 2.24) is 9.97 Å². The van der Waals surface area contributed by atoms with Gasteiger partial charge in [-0.15, -0.1) is 0 Å². The van der Waals surface area contributed by atoms with Gasteiger partial charge in [-0.05, 0) is 36.4 Å². The molecule has 0 aliphatic carbocycles. The van der Waals surface area contributed by atoms with Crippen molar-refractivity contribution < 1.29 is 36.9 Å². The van der Waals surface area contributed by atoms with Crippen molar-refractivity contribution in [1.29, 1.82) is 0 Å². The molecule has 1 amide bonds. The molecular formula is C22H16F3N3O5S. The van der Waals surface area contributed by atoms with E-state index in [0.717, 1.165) is 17.8 Å². The molecule has 1 N–H and O–H groups in total. The van der Waals surface area contributed by atoms with E-state index in [4.69, 9.17) is 18.9 Å². The number of halogens is 3. The van der Waals surface area contributed by atoms with Crippen LogP contribution in [-0.4, -0.2) is 35.2 Å². The van der Waals surface area contributed by atoms with E-state index < -0.39 is 11.9 Å². The van der Waals surface area contributed by atoms with Gasteiger partial charge >= 0.3 is 6.18 Å². The van der Waals surface area contributed by atoms with Gasteiger partial charge in [-0.25, -0.2) is 9.97 Å². The van der Waals surface area contributed by atoms with Crippen molar-refractivity contribution in [2.24, 2.45) is 0 Å². The van der Waals surface area contributed by atoms with Crippen LogP contribution < -0.4 is 24.3 Å². The lowest BCUT2D eigenvalue weighted by atomic mass is 10.1. The van der Waals surface area contributed by atoms with E-state index >= 15 is 0 Å². The normalized spacial score (nSPS) is 13.7. The summed E-state index contributed by atoms with van der Waals surface area (Å²) in [5, 5.41) is 2.64. The molecule has 0 radical (unpaired) electrons. The summed E-state index contributed by atoms with van der Waals surface area (Å²) in [5.41, 5.74) is -0.0189. The summed E-state index contributed by atoms with van der Waals surface area (Å²) in [5.74, 6) is 1.93. The number of nitrogens with zero attached hydrogens (tertiary/aromatic N) is 2. The lowest BCUT2D eigenvalue weighted by Gasteiger charge is -2.11. The summed E-state index contributed by atoms with van der Waals surface area (Å²) in [7, 11) is 0. The number of hydrogen-bond acceptors (Lipinski definition) is 8. The van der Waals surface area contributed by atoms with E-state index in [9.17, 15) is 18.0 Å². The van der Waals surface area contributed by atoms with Crippen molar-refractivity contribution in [2.75, 3.05) is 24.7 Å². The molecule has 1 aromatic heterocycles. The Balaban J connectivity index is 1.27. The number of thioether (sulfide) groups is 1. The number of aromatic nitrogens is 2. The number of nitrogens with one attached hydrogen (secondary N) is 1. The molecule has 8 nitrogen and oxygen atoms in total. The van der Waals surface area contributed by atoms with Gasteiger partial charge in [-0.3, -0.25) is 4.79 Å². The zero-order valence-corrected chi connectivity index (χ0v) is 18.2. The first kappa shape index (κ1) is 22.1. The van der Waals surface area contributed by atoms with Crippen LogP contribution in [0.2, 0.25) is 0 Å².